The van der Waals surface area contributed by atoms with Crippen molar-refractivity contribution in [3.8, 4) is 11.1 Å². The molecular formula is C26H31FN2O3. The largest absolute Gasteiger partial charge is 0.395 e. The molecule has 0 bridgehead atoms. The van der Waals surface area contributed by atoms with Crippen LogP contribution >= 0.6 is 0 Å². The Morgan fingerprint density at radius 2 is 1.84 bits per heavy atom. The molecule has 3 heterocycles. The molecule has 5 rings (SSSR count). The fourth-order valence-electron chi connectivity index (χ4n) is 5.99. The second-order valence-corrected chi connectivity index (χ2v) is 9.55. The van der Waals surface area contributed by atoms with Crippen molar-refractivity contribution in [3.05, 3.63) is 59.9 Å². The summed E-state index contributed by atoms with van der Waals surface area (Å²) in [6, 6.07) is 15.0. The topological polar surface area (TPSA) is 53.0 Å². The lowest BCUT2D eigenvalue weighted by Crippen LogP contribution is -2.85. The van der Waals surface area contributed by atoms with Gasteiger partial charge in [-0.3, -0.25) is 9.69 Å². The van der Waals surface area contributed by atoms with Crippen LogP contribution in [0.3, 0.4) is 0 Å². The van der Waals surface area contributed by atoms with Crippen LogP contribution in [-0.4, -0.2) is 71.8 Å². The summed E-state index contributed by atoms with van der Waals surface area (Å²) in [6.45, 7) is 5.69. The second-order valence-electron chi connectivity index (χ2n) is 9.55. The predicted octanol–water partition coefficient (Wildman–Crippen LogP) is 3.28. The zero-order chi connectivity index (χ0) is 22.3. The van der Waals surface area contributed by atoms with E-state index in [4.69, 9.17) is 4.74 Å². The number of likely N-dealkylation sites (tertiary alicyclic amines) is 2. The number of hydrogen-bond donors (Lipinski definition) is 1. The van der Waals surface area contributed by atoms with Crippen molar-refractivity contribution in [1.29, 1.82) is 0 Å². The molecule has 0 unspecified atom stereocenters. The summed E-state index contributed by atoms with van der Waals surface area (Å²) < 4.78 is 19.2. The van der Waals surface area contributed by atoms with Crippen LogP contribution in [0.15, 0.2) is 48.5 Å². The summed E-state index contributed by atoms with van der Waals surface area (Å²) >= 11 is 0. The zero-order valence-corrected chi connectivity index (χ0v) is 18.5. The van der Waals surface area contributed by atoms with Crippen molar-refractivity contribution in [2.75, 3.05) is 39.5 Å². The first-order chi connectivity index (χ1) is 15.5. The molecule has 2 aromatic rings. The lowest BCUT2D eigenvalue weighted by atomic mass is 9.60. The van der Waals surface area contributed by atoms with Crippen LogP contribution in [0.2, 0.25) is 0 Å². The molecule has 3 aliphatic rings. The maximum atomic E-state index is 13.6. The summed E-state index contributed by atoms with van der Waals surface area (Å²) in [6.07, 6.45) is 2.10. The minimum Gasteiger partial charge on any atom is -0.395 e. The molecule has 2 atom stereocenters. The van der Waals surface area contributed by atoms with E-state index in [0.717, 1.165) is 43.7 Å². The number of amides is 1. The van der Waals surface area contributed by atoms with Gasteiger partial charge in [0.05, 0.1) is 12.1 Å². The molecule has 32 heavy (non-hydrogen) atoms. The number of aliphatic hydroxyl groups is 1. The Morgan fingerprint density at radius 3 is 2.47 bits per heavy atom. The van der Waals surface area contributed by atoms with Gasteiger partial charge in [0.1, 0.15) is 5.82 Å². The molecule has 3 fully saturated rings. The lowest BCUT2D eigenvalue weighted by molar-refractivity contribution is -0.200. The number of carbonyl (C=O) groups excluding carboxylic acids is 1. The monoisotopic (exact) mass is 438 g/mol. The van der Waals surface area contributed by atoms with Gasteiger partial charge in [0, 0.05) is 51.7 Å². The van der Waals surface area contributed by atoms with E-state index in [-0.39, 0.29) is 35.8 Å². The van der Waals surface area contributed by atoms with E-state index in [2.05, 4.69) is 17.0 Å². The van der Waals surface area contributed by atoms with Crippen molar-refractivity contribution in [2.45, 2.75) is 37.3 Å². The maximum Gasteiger partial charge on any atom is 0.219 e. The molecule has 0 aromatic heterocycles. The smallest absolute Gasteiger partial charge is 0.219 e. The van der Waals surface area contributed by atoms with E-state index in [1.54, 1.807) is 19.1 Å². The highest BCUT2D eigenvalue weighted by atomic mass is 19.1. The minimum absolute atomic E-state index is 0.0481. The van der Waals surface area contributed by atoms with E-state index < -0.39 is 0 Å². The number of rotatable bonds is 5. The molecule has 6 heteroatoms. The number of carbonyl (C=O) groups is 1. The van der Waals surface area contributed by atoms with Crippen LogP contribution in [0.25, 0.3) is 11.1 Å². The third-order valence-electron chi connectivity index (χ3n) is 7.72. The summed E-state index contributed by atoms with van der Waals surface area (Å²) in [4.78, 5) is 16.4. The first kappa shape index (κ1) is 21.6. The van der Waals surface area contributed by atoms with Crippen molar-refractivity contribution in [3.63, 3.8) is 0 Å². The highest BCUT2D eigenvalue weighted by molar-refractivity contribution is 5.75. The Labute approximate surface area is 188 Å². The first-order valence-corrected chi connectivity index (χ1v) is 11.6. The number of ether oxygens (including phenoxy) is 1. The molecule has 2 aromatic carbocycles. The highest BCUT2D eigenvalue weighted by Crippen LogP contribution is 2.54. The molecule has 3 aliphatic heterocycles. The van der Waals surface area contributed by atoms with Gasteiger partial charge in [-0.25, -0.2) is 4.39 Å². The minimum atomic E-state index is -0.243. The second kappa shape index (κ2) is 8.58. The van der Waals surface area contributed by atoms with Crippen LogP contribution in [0.1, 0.15) is 31.2 Å². The maximum absolute atomic E-state index is 13.6. The fraction of sp³-hybridized carbons (Fsp3) is 0.500. The molecule has 3 saturated heterocycles. The van der Waals surface area contributed by atoms with Gasteiger partial charge in [-0.1, -0.05) is 36.4 Å². The van der Waals surface area contributed by atoms with Gasteiger partial charge in [0.15, 0.2) is 0 Å². The summed E-state index contributed by atoms with van der Waals surface area (Å²) in [7, 11) is 0. The van der Waals surface area contributed by atoms with E-state index >= 15 is 0 Å². The predicted molar refractivity (Wildman–Crippen MR) is 121 cm³/mol. The summed E-state index contributed by atoms with van der Waals surface area (Å²) in [5.74, 6) is 0.601. The van der Waals surface area contributed by atoms with Crippen molar-refractivity contribution >= 4 is 5.91 Å². The molecular weight excluding hydrogens is 407 g/mol. The van der Waals surface area contributed by atoms with Gasteiger partial charge < -0.3 is 14.7 Å². The Balaban J connectivity index is 1.40. The number of halogens is 1. The quantitative estimate of drug-likeness (QED) is 0.779. The zero-order valence-electron chi connectivity index (χ0n) is 18.5. The molecule has 1 amide bonds. The van der Waals surface area contributed by atoms with E-state index in [0.29, 0.717) is 19.0 Å². The number of nitrogens with zero attached hydrogens (tertiary/aromatic N) is 2. The lowest BCUT2D eigenvalue weighted by Gasteiger charge is -2.71. The number of hydrogen-bond acceptors (Lipinski definition) is 4. The third kappa shape index (κ3) is 3.64. The molecule has 0 saturated carbocycles. The van der Waals surface area contributed by atoms with Crippen LogP contribution in [0.4, 0.5) is 4.39 Å². The first-order valence-electron chi connectivity index (χ1n) is 11.6. The van der Waals surface area contributed by atoms with Crippen molar-refractivity contribution < 1.29 is 19.0 Å². The van der Waals surface area contributed by atoms with Gasteiger partial charge >= 0.3 is 0 Å². The normalized spacial score (nSPS) is 25.4. The summed E-state index contributed by atoms with van der Waals surface area (Å²) in [5, 5.41) is 10.3. The van der Waals surface area contributed by atoms with Crippen LogP contribution in [-0.2, 0) is 9.53 Å². The Kier molecular flexibility index (Phi) is 5.78. The van der Waals surface area contributed by atoms with Gasteiger partial charge in [0.25, 0.3) is 0 Å². The Bertz CT molecular complexity index is 967. The average Bonchev–Trinajstić information content (AvgIpc) is 2.76. The van der Waals surface area contributed by atoms with Gasteiger partial charge in [-0.05, 0) is 47.6 Å². The fourth-order valence-corrected chi connectivity index (χ4v) is 5.99. The highest BCUT2D eigenvalue weighted by Gasteiger charge is 2.66. The SMILES string of the molecule is CC(=O)N1CC2(C1)[C@@H](c1ccc(-c3cccc(F)c3)cc1)[C@@H](CO)N2CC1CCOCC1. The Hall–Kier alpha value is -2.28. The number of aliphatic hydroxyl groups excluding tert-OH is 1. The molecule has 0 radical (unpaired) electrons. The molecule has 170 valence electrons. The molecule has 5 nitrogen and oxygen atoms in total. The van der Waals surface area contributed by atoms with Gasteiger partial charge in [0.2, 0.25) is 5.91 Å². The van der Waals surface area contributed by atoms with Crippen LogP contribution < -0.4 is 0 Å². The van der Waals surface area contributed by atoms with E-state index in [9.17, 15) is 14.3 Å². The van der Waals surface area contributed by atoms with Crippen LogP contribution in [0.5, 0.6) is 0 Å². The van der Waals surface area contributed by atoms with Crippen molar-refractivity contribution in [2.24, 2.45) is 5.92 Å². The van der Waals surface area contributed by atoms with Crippen LogP contribution in [0, 0.1) is 11.7 Å². The third-order valence-corrected chi connectivity index (χ3v) is 7.72. The Morgan fingerprint density at radius 1 is 1.12 bits per heavy atom. The summed E-state index contributed by atoms with van der Waals surface area (Å²) in [5.41, 5.74) is 2.89. The molecule has 0 aliphatic carbocycles. The average molecular weight is 439 g/mol. The standard InChI is InChI=1S/C26H31FN2O3/c1-18(31)28-16-26(17-28)25(24(15-30)29(26)14-19-9-11-32-12-10-19)21-7-5-20(6-8-21)22-3-2-4-23(27)13-22/h2-8,13,19,24-25,30H,9-12,14-17H2,1H3/t24-,25+/m1/s1. The molecule has 1 spiro atoms. The van der Waals surface area contributed by atoms with Crippen molar-refractivity contribution in [1.82, 2.24) is 9.80 Å². The van der Waals surface area contributed by atoms with E-state index in [1.807, 2.05) is 23.1 Å². The molecule has 1 N–H and O–H groups in total. The van der Waals surface area contributed by atoms with Gasteiger partial charge in [-0.2, -0.15) is 0 Å². The van der Waals surface area contributed by atoms with E-state index in [1.165, 1.54) is 11.6 Å². The van der Waals surface area contributed by atoms with Gasteiger partial charge in [-0.15, -0.1) is 0 Å². The number of benzene rings is 2.